The number of anilines is 1. The molecule has 5 rings (SSSR count). The molecule has 0 saturated carbocycles. The third-order valence-corrected chi connectivity index (χ3v) is 7.52. The summed E-state index contributed by atoms with van der Waals surface area (Å²) < 4.78 is 12.1. The summed E-state index contributed by atoms with van der Waals surface area (Å²) in [5, 5.41) is 9.75. The fourth-order valence-corrected chi connectivity index (χ4v) is 6.06. The highest BCUT2D eigenvalue weighted by atomic mass is 16.6. The van der Waals surface area contributed by atoms with Crippen LogP contribution in [0.3, 0.4) is 0 Å². The lowest BCUT2D eigenvalue weighted by Gasteiger charge is -2.37. The summed E-state index contributed by atoms with van der Waals surface area (Å²) in [6, 6.07) is 4.89. The number of hydrogen-bond acceptors (Lipinski definition) is 6. The highest BCUT2D eigenvalue weighted by Crippen LogP contribution is 2.57. The van der Waals surface area contributed by atoms with E-state index in [0.29, 0.717) is 13.0 Å². The van der Waals surface area contributed by atoms with Crippen LogP contribution in [0.5, 0.6) is 0 Å². The molecule has 4 aliphatic rings. The molecule has 2 amide bonds. The third kappa shape index (κ3) is 3.15. The van der Waals surface area contributed by atoms with Gasteiger partial charge in [0.15, 0.2) is 0 Å². The summed E-state index contributed by atoms with van der Waals surface area (Å²) in [6.07, 6.45) is 7.92. The molecule has 4 aliphatic heterocycles. The van der Waals surface area contributed by atoms with E-state index in [1.165, 1.54) is 4.90 Å². The molecule has 1 spiro atoms. The lowest BCUT2D eigenvalue weighted by Crippen LogP contribution is -2.56. The zero-order valence-electron chi connectivity index (χ0n) is 19.7. The summed E-state index contributed by atoms with van der Waals surface area (Å²) in [5.41, 5.74) is 0.273. The van der Waals surface area contributed by atoms with E-state index in [9.17, 15) is 19.5 Å². The van der Waals surface area contributed by atoms with Gasteiger partial charge in [0.2, 0.25) is 5.91 Å². The second kappa shape index (κ2) is 8.06. The molecule has 4 heterocycles. The average Bonchev–Trinajstić information content (AvgIpc) is 3.09. The van der Waals surface area contributed by atoms with E-state index >= 15 is 0 Å². The number of nitrogens with zero attached hydrogens (tertiary/aromatic N) is 2. The van der Waals surface area contributed by atoms with Gasteiger partial charge in [-0.15, -0.1) is 0 Å². The summed E-state index contributed by atoms with van der Waals surface area (Å²) in [6.45, 7) is 5.88. The fourth-order valence-electron chi connectivity index (χ4n) is 6.06. The van der Waals surface area contributed by atoms with Gasteiger partial charge >= 0.3 is 5.97 Å². The first kappa shape index (κ1) is 22.8. The maximum Gasteiger partial charge on any atom is 0.313 e. The number of aliphatic hydroxyl groups is 1. The molecule has 1 N–H and O–H groups in total. The van der Waals surface area contributed by atoms with Crippen molar-refractivity contribution in [2.45, 2.75) is 44.4 Å². The molecule has 5 atom stereocenters. The Kier molecular flexibility index (Phi) is 5.41. The number of β-amino-alcohol motifs (C(OH)–C–C–N with tert-alkyl or cyclic N) is 1. The van der Waals surface area contributed by atoms with E-state index in [2.05, 4.69) is 0 Å². The van der Waals surface area contributed by atoms with Gasteiger partial charge in [-0.25, -0.2) is 0 Å². The van der Waals surface area contributed by atoms with Gasteiger partial charge in [0, 0.05) is 18.8 Å². The second-order valence-electron chi connectivity index (χ2n) is 9.75. The number of amides is 2. The number of ether oxygens (including phenoxy) is 2. The zero-order chi connectivity index (χ0) is 24.3. The van der Waals surface area contributed by atoms with Gasteiger partial charge in [0.1, 0.15) is 17.6 Å². The number of likely N-dealkylation sites (tertiary alicyclic amines) is 1. The van der Waals surface area contributed by atoms with Crippen LogP contribution in [-0.4, -0.2) is 71.3 Å². The number of benzene rings is 1. The number of aryl methyl sites for hydroxylation is 2. The van der Waals surface area contributed by atoms with E-state index in [-0.39, 0.29) is 31.6 Å². The molecular formula is C26H30N2O6. The molecule has 1 aromatic rings. The van der Waals surface area contributed by atoms with E-state index in [1.807, 2.05) is 50.3 Å². The summed E-state index contributed by atoms with van der Waals surface area (Å²) in [4.78, 5) is 44.2. The molecule has 0 radical (unpaired) electrons. The van der Waals surface area contributed by atoms with E-state index in [4.69, 9.17) is 9.47 Å². The van der Waals surface area contributed by atoms with Crippen molar-refractivity contribution in [2.24, 2.45) is 11.8 Å². The van der Waals surface area contributed by atoms with Crippen molar-refractivity contribution in [3.8, 4) is 0 Å². The van der Waals surface area contributed by atoms with Crippen LogP contribution in [0.2, 0.25) is 0 Å². The predicted octanol–water partition coefficient (Wildman–Crippen LogP) is 1.67. The van der Waals surface area contributed by atoms with Crippen LogP contribution in [0.1, 0.15) is 24.5 Å². The SMILES string of the molecule is Cc1ccc(C)c(N2CC=C[C@]34O[C@@]5(C)C=CCCOC(=O)[C@H]5[C@H]3C(=O)N(CCO)C4C2=O)c1. The molecule has 0 aliphatic carbocycles. The van der Waals surface area contributed by atoms with E-state index in [0.717, 1.165) is 16.8 Å². The zero-order valence-corrected chi connectivity index (χ0v) is 19.7. The molecule has 8 heteroatoms. The summed E-state index contributed by atoms with van der Waals surface area (Å²) >= 11 is 0. The lowest BCUT2D eigenvalue weighted by molar-refractivity contribution is -0.159. The fraction of sp³-hybridized carbons (Fsp3) is 0.500. The van der Waals surface area contributed by atoms with E-state index in [1.54, 1.807) is 17.9 Å². The summed E-state index contributed by atoms with van der Waals surface area (Å²) in [5.74, 6) is -2.99. The number of fused-ring (bicyclic) bond motifs is 2. The Morgan fingerprint density at radius 3 is 2.65 bits per heavy atom. The quantitative estimate of drug-likeness (QED) is 0.538. The first-order valence-electron chi connectivity index (χ1n) is 11.8. The normalized spacial score (nSPS) is 34.8. The van der Waals surface area contributed by atoms with Crippen LogP contribution in [0.15, 0.2) is 42.5 Å². The average molecular weight is 467 g/mol. The Morgan fingerprint density at radius 1 is 1.09 bits per heavy atom. The highest BCUT2D eigenvalue weighted by Gasteiger charge is 2.74. The maximum absolute atomic E-state index is 14.2. The monoisotopic (exact) mass is 466 g/mol. The molecule has 2 saturated heterocycles. The van der Waals surface area contributed by atoms with Gasteiger partial charge < -0.3 is 24.4 Å². The maximum atomic E-state index is 14.2. The smallest absolute Gasteiger partial charge is 0.313 e. The molecular weight excluding hydrogens is 436 g/mol. The van der Waals surface area contributed by atoms with Crippen molar-refractivity contribution < 1.29 is 29.0 Å². The van der Waals surface area contributed by atoms with Gasteiger partial charge in [0.25, 0.3) is 5.91 Å². The first-order chi connectivity index (χ1) is 16.2. The minimum Gasteiger partial charge on any atom is -0.465 e. The van der Waals surface area contributed by atoms with Crippen LogP contribution >= 0.6 is 0 Å². The Bertz CT molecular complexity index is 1110. The molecule has 0 bridgehead atoms. The third-order valence-electron chi connectivity index (χ3n) is 7.52. The van der Waals surface area contributed by atoms with Gasteiger partial charge in [-0.05, 0) is 44.4 Å². The number of cyclic esters (lactones) is 1. The lowest BCUT2D eigenvalue weighted by atomic mass is 9.74. The van der Waals surface area contributed by atoms with Crippen molar-refractivity contribution in [3.63, 3.8) is 0 Å². The van der Waals surface area contributed by atoms with Crippen molar-refractivity contribution >= 4 is 23.5 Å². The van der Waals surface area contributed by atoms with Crippen LogP contribution in [0.25, 0.3) is 0 Å². The minimum atomic E-state index is -1.34. The predicted molar refractivity (Wildman–Crippen MR) is 124 cm³/mol. The Balaban J connectivity index is 1.66. The van der Waals surface area contributed by atoms with Gasteiger partial charge in [-0.3, -0.25) is 14.4 Å². The number of carbonyl (C=O) groups is 3. The largest absolute Gasteiger partial charge is 0.465 e. The number of aliphatic hydroxyl groups excluding tert-OH is 1. The number of esters is 1. The molecule has 1 aromatic carbocycles. The number of rotatable bonds is 3. The van der Waals surface area contributed by atoms with Gasteiger partial charge in [-0.2, -0.15) is 0 Å². The Hall–Kier alpha value is -2.97. The second-order valence-corrected chi connectivity index (χ2v) is 9.75. The van der Waals surface area contributed by atoms with Crippen molar-refractivity contribution in [3.05, 3.63) is 53.6 Å². The highest BCUT2D eigenvalue weighted by molar-refractivity contribution is 6.06. The van der Waals surface area contributed by atoms with Gasteiger partial charge in [0.05, 0.1) is 24.7 Å². The van der Waals surface area contributed by atoms with E-state index < -0.39 is 35.0 Å². The van der Waals surface area contributed by atoms with Crippen LogP contribution < -0.4 is 4.90 Å². The minimum absolute atomic E-state index is 0.0281. The van der Waals surface area contributed by atoms with Crippen LogP contribution in [0, 0.1) is 25.7 Å². The standard InChI is InChI=1S/C26H30N2O6/c1-16-7-8-17(2)18(15-16)27-11-6-10-26-19(22(30)28(12-13-29)21(26)23(27)31)20-24(32)33-14-5-4-9-25(20,3)34-26/h4,6-10,15,19-21,29H,5,11-14H2,1-3H3/t19-,20+,21?,25-,26-/m0/s1. The molecule has 8 nitrogen and oxygen atoms in total. The molecule has 1 unspecified atom stereocenters. The van der Waals surface area contributed by atoms with Gasteiger partial charge in [-0.1, -0.05) is 36.4 Å². The number of hydrogen-bond donors (Lipinski definition) is 1. The van der Waals surface area contributed by atoms with Crippen molar-refractivity contribution in [1.82, 2.24) is 4.90 Å². The molecule has 34 heavy (non-hydrogen) atoms. The first-order valence-corrected chi connectivity index (χ1v) is 11.8. The van der Waals surface area contributed by atoms with Crippen molar-refractivity contribution in [2.75, 3.05) is 31.2 Å². The Morgan fingerprint density at radius 2 is 1.88 bits per heavy atom. The molecule has 2 fully saturated rings. The van der Waals surface area contributed by atoms with Crippen LogP contribution in [-0.2, 0) is 23.9 Å². The number of carbonyl (C=O) groups excluding carboxylic acids is 3. The Labute approximate surface area is 198 Å². The summed E-state index contributed by atoms with van der Waals surface area (Å²) in [7, 11) is 0. The topological polar surface area (TPSA) is 96.4 Å². The van der Waals surface area contributed by atoms with Crippen molar-refractivity contribution in [1.29, 1.82) is 0 Å². The molecule has 180 valence electrons. The van der Waals surface area contributed by atoms with Crippen LogP contribution in [0.4, 0.5) is 5.69 Å². The molecule has 0 aromatic heterocycles.